The Morgan fingerprint density at radius 2 is 2.19 bits per heavy atom. The first-order valence-electron chi connectivity index (χ1n) is 6.19. The third kappa shape index (κ3) is 4.36. The van der Waals surface area contributed by atoms with Gasteiger partial charge in [0.2, 0.25) is 0 Å². The molecule has 4 heteroatoms. The highest BCUT2D eigenvalue weighted by atomic mass is 32.1. The quantitative estimate of drug-likeness (QED) is 0.739. The fourth-order valence-electron chi connectivity index (χ4n) is 2.41. The second kappa shape index (κ2) is 5.94. The van der Waals surface area contributed by atoms with E-state index in [0.717, 1.165) is 45.2 Å². The lowest BCUT2D eigenvalue weighted by Crippen LogP contribution is -2.39. The van der Waals surface area contributed by atoms with Gasteiger partial charge in [-0.2, -0.15) is 0 Å². The summed E-state index contributed by atoms with van der Waals surface area (Å²) < 4.78 is 0. The first kappa shape index (κ1) is 13.9. The standard InChI is InChI=1S/C12H24N2OS/c1-3-10(9-11(13)16)14-7-4-5-12(2,15)6-8-14/h10,15H,3-9H2,1-2H3,(H2,13,16). The van der Waals surface area contributed by atoms with Gasteiger partial charge in [0.05, 0.1) is 10.6 Å². The highest BCUT2D eigenvalue weighted by Crippen LogP contribution is 2.23. The zero-order chi connectivity index (χ0) is 12.2. The van der Waals surface area contributed by atoms with Gasteiger partial charge < -0.3 is 10.8 Å². The van der Waals surface area contributed by atoms with Crippen LogP contribution in [0.2, 0.25) is 0 Å². The van der Waals surface area contributed by atoms with Crippen LogP contribution in [0.4, 0.5) is 0 Å². The molecule has 2 atom stereocenters. The van der Waals surface area contributed by atoms with E-state index in [0.29, 0.717) is 11.0 Å². The van der Waals surface area contributed by atoms with Crippen molar-refractivity contribution in [2.45, 2.75) is 57.6 Å². The van der Waals surface area contributed by atoms with Gasteiger partial charge in [0.1, 0.15) is 0 Å². The van der Waals surface area contributed by atoms with Crippen LogP contribution in [0.25, 0.3) is 0 Å². The zero-order valence-electron chi connectivity index (χ0n) is 10.4. The van der Waals surface area contributed by atoms with Gasteiger partial charge in [0, 0.05) is 19.0 Å². The fraction of sp³-hybridized carbons (Fsp3) is 0.917. The summed E-state index contributed by atoms with van der Waals surface area (Å²) >= 11 is 4.99. The van der Waals surface area contributed by atoms with E-state index in [9.17, 15) is 5.11 Å². The van der Waals surface area contributed by atoms with Crippen molar-refractivity contribution in [2.75, 3.05) is 13.1 Å². The van der Waals surface area contributed by atoms with E-state index in [-0.39, 0.29) is 0 Å². The molecule has 16 heavy (non-hydrogen) atoms. The van der Waals surface area contributed by atoms with Crippen molar-refractivity contribution < 1.29 is 5.11 Å². The van der Waals surface area contributed by atoms with Gasteiger partial charge in [-0.15, -0.1) is 0 Å². The summed E-state index contributed by atoms with van der Waals surface area (Å²) in [5, 5.41) is 10.0. The molecule has 1 aliphatic rings. The number of hydrogen-bond acceptors (Lipinski definition) is 3. The maximum absolute atomic E-state index is 10.0. The van der Waals surface area contributed by atoms with Gasteiger partial charge in [0.25, 0.3) is 0 Å². The number of rotatable bonds is 4. The summed E-state index contributed by atoms with van der Waals surface area (Å²) in [7, 11) is 0. The van der Waals surface area contributed by atoms with Crippen LogP contribution in [0.5, 0.6) is 0 Å². The van der Waals surface area contributed by atoms with Crippen molar-refractivity contribution in [3.8, 4) is 0 Å². The molecule has 1 heterocycles. The minimum atomic E-state index is -0.490. The Labute approximate surface area is 104 Å². The van der Waals surface area contributed by atoms with Crippen molar-refractivity contribution >= 4 is 17.2 Å². The van der Waals surface area contributed by atoms with E-state index in [4.69, 9.17) is 18.0 Å². The Kier molecular flexibility index (Phi) is 5.15. The number of aliphatic hydroxyl groups is 1. The molecule has 3 N–H and O–H groups in total. The second-order valence-electron chi connectivity index (χ2n) is 5.12. The Morgan fingerprint density at radius 1 is 1.50 bits per heavy atom. The largest absolute Gasteiger partial charge is 0.393 e. The normalized spacial score (nSPS) is 29.7. The minimum Gasteiger partial charge on any atom is -0.393 e. The molecule has 2 unspecified atom stereocenters. The summed E-state index contributed by atoms with van der Waals surface area (Å²) in [6.45, 7) is 6.11. The van der Waals surface area contributed by atoms with Gasteiger partial charge in [-0.1, -0.05) is 19.1 Å². The maximum Gasteiger partial charge on any atom is 0.0743 e. The predicted octanol–water partition coefficient (Wildman–Crippen LogP) is 1.68. The van der Waals surface area contributed by atoms with Crippen LogP contribution < -0.4 is 5.73 Å². The molecule has 3 nitrogen and oxygen atoms in total. The molecule has 0 saturated carbocycles. The summed E-state index contributed by atoms with van der Waals surface area (Å²) in [6.07, 6.45) is 4.67. The predicted molar refractivity (Wildman–Crippen MR) is 71.5 cm³/mol. The van der Waals surface area contributed by atoms with Crippen LogP contribution in [0, 0.1) is 0 Å². The lowest BCUT2D eigenvalue weighted by molar-refractivity contribution is 0.0430. The second-order valence-corrected chi connectivity index (χ2v) is 5.64. The molecule has 0 amide bonds. The highest BCUT2D eigenvalue weighted by Gasteiger charge is 2.27. The molecule has 0 aromatic heterocycles. The molecule has 1 fully saturated rings. The van der Waals surface area contributed by atoms with Gasteiger partial charge in [0.15, 0.2) is 0 Å². The van der Waals surface area contributed by atoms with Gasteiger partial charge in [-0.3, -0.25) is 4.90 Å². The lowest BCUT2D eigenvalue weighted by atomic mass is 9.98. The van der Waals surface area contributed by atoms with Crippen LogP contribution in [-0.4, -0.2) is 39.7 Å². The summed E-state index contributed by atoms with van der Waals surface area (Å²) in [4.78, 5) is 3.03. The Balaban J connectivity index is 2.54. The summed E-state index contributed by atoms with van der Waals surface area (Å²) in [5.41, 5.74) is 5.13. The number of nitrogens with two attached hydrogens (primary N) is 1. The van der Waals surface area contributed by atoms with Crippen LogP contribution in [0.3, 0.4) is 0 Å². The summed E-state index contributed by atoms with van der Waals surface area (Å²) in [5.74, 6) is 0. The topological polar surface area (TPSA) is 49.5 Å². The van der Waals surface area contributed by atoms with Crippen molar-refractivity contribution in [1.82, 2.24) is 4.90 Å². The van der Waals surface area contributed by atoms with Crippen molar-refractivity contribution in [1.29, 1.82) is 0 Å². The number of thiocarbonyl (C=S) groups is 1. The first-order valence-corrected chi connectivity index (χ1v) is 6.60. The average Bonchev–Trinajstić information content (AvgIpc) is 2.35. The number of hydrogen-bond donors (Lipinski definition) is 2. The number of likely N-dealkylation sites (tertiary alicyclic amines) is 1. The van der Waals surface area contributed by atoms with E-state index in [2.05, 4.69) is 11.8 Å². The highest BCUT2D eigenvalue weighted by molar-refractivity contribution is 7.80. The zero-order valence-corrected chi connectivity index (χ0v) is 11.2. The minimum absolute atomic E-state index is 0.450. The average molecular weight is 244 g/mol. The Hall–Kier alpha value is -0.190. The maximum atomic E-state index is 10.0. The molecule has 94 valence electrons. The lowest BCUT2D eigenvalue weighted by Gasteiger charge is -2.30. The number of nitrogens with zero attached hydrogens (tertiary/aromatic N) is 1. The van der Waals surface area contributed by atoms with Gasteiger partial charge in [-0.25, -0.2) is 0 Å². The smallest absolute Gasteiger partial charge is 0.0743 e. The molecule has 1 saturated heterocycles. The molecule has 0 bridgehead atoms. The van der Waals surface area contributed by atoms with Gasteiger partial charge >= 0.3 is 0 Å². The molecule has 0 aliphatic carbocycles. The van der Waals surface area contributed by atoms with E-state index in [1.807, 2.05) is 6.92 Å². The van der Waals surface area contributed by atoms with E-state index < -0.39 is 5.60 Å². The molecular formula is C12H24N2OS. The molecular weight excluding hydrogens is 220 g/mol. The van der Waals surface area contributed by atoms with E-state index in [1.165, 1.54) is 0 Å². The first-order chi connectivity index (χ1) is 7.44. The molecule has 1 aliphatic heterocycles. The van der Waals surface area contributed by atoms with Crippen LogP contribution in [0.15, 0.2) is 0 Å². The Bertz CT molecular complexity index is 243. The molecule has 1 rings (SSSR count). The molecule has 0 aromatic carbocycles. The fourth-order valence-corrected chi connectivity index (χ4v) is 2.61. The molecule has 0 spiro atoms. The third-order valence-corrected chi connectivity index (χ3v) is 3.69. The molecule has 0 radical (unpaired) electrons. The van der Waals surface area contributed by atoms with Crippen molar-refractivity contribution in [3.05, 3.63) is 0 Å². The van der Waals surface area contributed by atoms with Crippen molar-refractivity contribution in [2.24, 2.45) is 5.73 Å². The van der Waals surface area contributed by atoms with Gasteiger partial charge in [-0.05, 0) is 39.2 Å². The van der Waals surface area contributed by atoms with Crippen LogP contribution in [-0.2, 0) is 0 Å². The summed E-state index contributed by atoms with van der Waals surface area (Å²) in [6, 6.07) is 0.450. The Morgan fingerprint density at radius 3 is 2.75 bits per heavy atom. The monoisotopic (exact) mass is 244 g/mol. The van der Waals surface area contributed by atoms with Crippen LogP contribution >= 0.6 is 12.2 Å². The van der Waals surface area contributed by atoms with Crippen LogP contribution in [0.1, 0.15) is 46.0 Å². The SMILES string of the molecule is CCC(CC(N)=S)N1CCCC(C)(O)CC1. The van der Waals surface area contributed by atoms with E-state index >= 15 is 0 Å². The molecule has 0 aromatic rings. The third-order valence-electron chi connectivity index (χ3n) is 3.52. The van der Waals surface area contributed by atoms with E-state index in [1.54, 1.807) is 0 Å². The van der Waals surface area contributed by atoms with Crippen molar-refractivity contribution in [3.63, 3.8) is 0 Å².